The number of aryl methyl sites for hydroxylation is 3. The highest BCUT2D eigenvalue weighted by molar-refractivity contribution is 5.81. The standard InChI is InChI=1S/C16H14F2N2/c1-8-4-9(2)14(10(3)5-8)16-19-13-7-11(17)6-12(18)15(13)20-16/h4-7H,1-3H3,(H,19,20). The van der Waals surface area contributed by atoms with E-state index in [0.29, 0.717) is 11.3 Å². The van der Waals surface area contributed by atoms with Gasteiger partial charge in [0.1, 0.15) is 17.2 Å². The number of nitrogens with zero attached hydrogens (tertiary/aromatic N) is 1. The number of nitrogens with one attached hydrogen (secondary N) is 1. The monoisotopic (exact) mass is 272 g/mol. The molecule has 0 aliphatic heterocycles. The van der Waals surface area contributed by atoms with Gasteiger partial charge in [0.2, 0.25) is 0 Å². The minimum atomic E-state index is -0.648. The Hall–Kier alpha value is -2.23. The molecule has 0 saturated carbocycles. The first-order chi connectivity index (χ1) is 9.45. The highest BCUT2D eigenvalue weighted by Gasteiger charge is 2.14. The van der Waals surface area contributed by atoms with Crippen molar-refractivity contribution in [1.29, 1.82) is 0 Å². The Labute approximate surface area is 115 Å². The van der Waals surface area contributed by atoms with E-state index in [1.54, 1.807) is 0 Å². The van der Waals surface area contributed by atoms with Crippen LogP contribution in [-0.4, -0.2) is 9.97 Å². The van der Waals surface area contributed by atoms with Gasteiger partial charge in [0, 0.05) is 11.6 Å². The molecule has 0 atom stereocenters. The van der Waals surface area contributed by atoms with E-state index in [1.165, 1.54) is 6.07 Å². The lowest BCUT2D eigenvalue weighted by atomic mass is 9.99. The molecule has 1 heterocycles. The first-order valence-electron chi connectivity index (χ1n) is 6.38. The summed E-state index contributed by atoms with van der Waals surface area (Å²) in [5.41, 5.74) is 4.76. The van der Waals surface area contributed by atoms with Crippen molar-refractivity contribution in [3.8, 4) is 11.4 Å². The zero-order valence-corrected chi connectivity index (χ0v) is 11.5. The highest BCUT2D eigenvalue weighted by Crippen LogP contribution is 2.29. The smallest absolute Gasteiger partial charge is 0.153 e. The van der Waals surface area contributed by atoms with Crippen LogP contribution in [0.2, 0.25) is 0 Å². The van der Waals surface area contributed by atoms with Crippen molar-refractivity contribution in [2.45, 2.75) is 20.8 Å². The van der Waals surface area contributed by atoms with Gasteiger partial charge < -0.3 is 4.98 Å². The molecule has 2 aromatic carbocycles. The van der Waals surface area contributed by atoms with E-state index in [-0.39, 0.29) is 5.52 Å². The Morgan fingerprint density at radius 3 is 2.25 bits per heavy atom. The van der Waals surface area contributed by atoms with Crippen molar-refractivity contribution in [3.63, 3.8) is 0 Å². The summed E-state index contributed by atoms with van der Waals surface area (Å²) in [5.74, 6) is -0.688. The SMILES string of the molecule is Cc1cc(C)c(-c2nc3c(F)cc(F)cc3[nH]2)c(C)c1. The molecule has 0 unspecified atom stereocenters. The number of imidazole rings is 1. The van der Waals surface area contributed by atoms with Gasteiger partial charge >= 0.3 is 0 Å². The van der Waals surface area contributed by atoms with Crippen LogP contribution < -0.4 is 0 Å². The van der Waals surface area contributed by atoms with E-state index < -0.39 is 11.6 Å². The third-order valence-electron chi connectivity index (χ3n) is 3.42. The first-order valence-corrected chi connectivity index (χ1v) is 6.38. The zero-order chi connectivity index (χ0) is 14.4. The summed E-state index contributed by atoms with van der Waals surface area (Å²) in [6, 6.07) is 6.20. The Bertz CT molecular complexity index is 796. The number of aromatic nitrogens is 2. The largest absolute Gasteiger partial charge is 0.338 e. The van der Waals surface area contributed by atoms with Gasteiger partial charge in [-0.05, 0) is 38.0 Å². The number of H-pyrrole nitrogens is 1. The average molecular weight is 272 g/mol. The quantitative estimate of drug-likeness (QED) is 0.697. The summed E-state index contributed by atoms with van der Waals surface area (Å²) in [6.45, 7) is 6.00. The van der Waals surface area contributed by atoms with Crippen LogP contribution in [0, 0.1) is 32.4 Å². The fourth-order valence-corrected chi connectivity index (χ4v) is 2.71. The lowest BCUT2D eigenvalue weighted by molar-refractivity contribution is 0.591. The zero-order valence-electron chi connectivity index (χ0n) is 11.5. The van der Waals surface area contributed by atoms with Crippen molar-refractivity contribution in [1.82, 2.24) is 9.97 Å². The van der Waals surface area contributed by atoms with Crippen molar-refractivity contribution in [2.24, 2.45) is 0 Å². The average Bonchev–Trinajstić information content (AvgIpc) is 2.71. The number of aromatic amines is 1. The van der Waals surface area contributed by atoms with E-state index >= 15 is 0 Å². The molecule has 0 amide bonds. The lowest BCUT2D eigenvalue weighted by Gasteiger charge is -2.08. The van der Waals surface area contributed by atoms with Gasteiger partial charge in [-0.2, -0.15) is 0 Å². The van der Waals surface area contributed by atoms with Gasteiger partial charge in [0.25, 0.3) is 0 Å². The summed E-state index contributed by atoms with van der Waals surface area (Å²) >= 11 is 0. The lowest BCUT2D eigenvalue weighted by Crippen LogP contribution is -1.91. The molecule has 3 rings (SSSR count). The third kappa shape index (κ3) is 1.97. The molecule has 1 N–H and O–H groups in total. The summed E-state index contributed by atoms with van der Waals surface area (Å²) in [4.78, 5) is 7.28. The molecule has 1 aromatic heterocycles. The maximum absolute atomic E-state index is 13.7. The van der Waals surface area contributed by atoms with Crippen LogP contribution in [0.5, 0.6) is 0 Å². The van der Waals surface area contributed by atoms with Gasteiger partial charge in [-0.15, -0.1) is 0 Å². The van der Waals surface area contributed by atoms with Gasteiger partial charge in [-0.1, -0.05) is 17.7 Å². The van der Waals surface area contributed by atoms with E-state index in [1.807, 2.05) is 32.9 Å². The molecule has 102 valence electrons. The number of hydrogen-bond acceptors (Lipinski definition) is 1. The van der Waals surface area contributed by atoms with Gasteiger partial charge in [0.05, 0.1) is 5.52 Å². The summed E-state index contributed by atoms with van der Waals surface area (Å²) in [5, 5.41) is 0. The minimum absolute atomic E-state index is 0.167. The molecule has 0 bridgehead atoms. The highest BCUT2D eigenvalue weighted by atomic mass is 19.1. The first kappa shape index (κ1) is 12.8. The Morgan fingerprint density at radius 1 is 0.950 bits per heavy atom. The Kier molecular flexibility index (Phi) is 2.82. The Balaban J connectivity index is 2.28. The van der Waals surface area contributed by atoms with Crippen molar-refractivity contribution < 1.29 is 8.78 Å². The van der Waals surface area contributed by atoms with Crippen LogP contribution in [0.4, 0.5) is 8.78 Å². The van der Waals surface area contributed by atoms with E-state index in [0.717, 1.165) is 28.3 Å². The third-order valence-corrected chi connectivity index (χ3v) is 3.42. The van der Waals surface area contributed by atoms with E-state index in [4.69, 9.17) is 0 Å². The molecule has 0 saturated heterocycles. The second-order valence-electron chi connectivity index (χ2n) is 5.14. The molecule has 0 aliphatic rings. The van der Waals surface area contributed by atoms with Gasteiger partial charge in [-0.25, -0.2) is 13.8 Å². The topological polar surface area (TPSA) is 28.7 Å². The minimum Gasteiger partial charge on any atom is -0.338 e. The fraction of sp³-hybridized carbons (Fsp3) is 0.188. The van der Waals surface area contributed by atoms with Crippen molar-refractivity contribution >= 4 is 11.0 Å². The Morgan fingerprint density at radius 2 is 1.60 bits per heavy atom. The van der Waals surface area contributed by atoms with Crippen LogP contribution >= 0.6 is 0 Å². The molecule has 2 nitrogen and oxygen atoms in total. The van der Waals surface area contributed by atoms with Crippen molar-refractivity contribution in [2.75, 3.05) is 0 Å². The summed E-state index contributed by atoms with van der Waals surface area (Å²) in [7, 11) is 0. The molecule has 3 aromatic rings. The molecular formula is C16H14F2N2. The molecule has 0 aliphatic carbocycles. The molecule has 20 heavy (non-hydrogen) atoms. The van der Waals surface area contributed by atoms with Gasteiger partial charge in [0.15, 0.2) is 5.82 Å². The fourth-order valence-electron chi connectivity index (χ4n) is 2.71. The number of rotatable bonds is 1. The van der Waals surface area contributed by atoms with Crippen LogP contribution in [-0.2, 0) is 0 Å². The van der Waals surface area contributed by atoms with Crippen LogP contribution in [0.15, 0.2) is 24.3 Å². The molecule has 0 spiro atoms. The summed E-state index contributed by atoms with van der Waals surface area (Å²) in [6.07, 6.45) is 0. The van der Waals surface area contributed by atoms with E-state index in [2.05, 4.69) is 9.97 Å². The van der Waals surface area contributed by atoms with Gasteiger partial charge in [-0.3, -0.25) is 0 Å². The van der Waals surface area contributed by atoms with Crippen molar-refractivity contribution in [3.05, 3.63) is 52.6 Å². The number of fused-ring (bicyclic) bond motifs is 1. The van der Waals surface area contributed by atoms with Crippen LogP contribution in [0.25, 0.3) is 22.4 Å². The molecule has 0 radical (unpaired) electrons. The second kappa shape index (κ2) is 4.40. The van der Waals surface area contributed by atoms with E-state index in [9.17, 15) is 8.78 Å². The predicted molar refractivity (Wildman–Crippen MR) is 75.7 cm³/mol. The normalized spacial score (nSPS) is 11.2. The number of benzene rings is 2. The number of halogens is 2. The molecule has 0 fully saturated rings. The predicted octanol–water partition coefficient (Wildman–Crippen LogP) is 4.43. The van der Waals surface area contributed by atoms with Crippen LogP contribution in [0.3, 0.4) is 0 Å². The molecule has 4 heteroatoms. The molecular weight excluding hydrogens is 258 g/mol. The second-order valence-corrected chi connectivity index (χ2v) is 5.14. The number of hydrogen-bond donors (Lipinski definition) is 1. The van der Waals surface area contributed by atoms with Crippen LogP contribution in [0.1, 0.15) is 16.7 Å². The maximum atomic E-state index is 13.7. The summed E-state index contributed by atoms with van der Waals surface area (Å²) < 4.78 is 27.0. The maximum Gasteiger partial charge on any atom is 0.153 e.